The van der Waals surface area contributed by atoms with Crippen molar-refractivity contribution >= 4 is 41.5 Å². The van der Waals surface area contributed by atoms with Crippen LogP contribution in [0, 0.1) is 17.1 Å². The monoisotopic (exact) mass is 486 g/mol. The van der Waals surface area contributed by atoms with E-state index in [4.69, 9.17) is 16.9 Å². The van der Waals surface area contributed by atoms with Gasteiger partial charge in [-0.05, 0) is 37.1 Å². The van der Waals surface area contributed by atoms with Crippen LogP contribution in [-0.2, 0) is 13.0 Å². The maximum atomic E-state index is 13.9. The standard InChI is InChI=1S/C19H20ClFN4.HI/c1-2-23-19(24-10-9-15-5-3-4-6-17(15)20)25-13-16-8-7-14(12-22)11-18(16)21;/h3-8,11H,2,9-10,13H2,1H3,(H2,23,24,25);1H. The van der Waals surface area contributed by atoms with Crippen LogP contribution in [0.4, 0.5) is 4.39 Å². The summed E-state index contributed by atoms with van der Waals surface area (Å²) in [4.78, 5) is 4.39. The third-order valence-electron chi connectivity index (χ3n) is 3.58. The van der Waals surface area contributed by atoms with E-state index in [-0.39, 0.29) is 30.5 Å². The molecule has 0 bridgehead atoms. The van der Waals surface area contributed by atoms with Crippen LogP contribution in [0.15, 0.2) is 47.5 Å². The maximum absolute atomic E-state index is 13.9. The van der Waals surface area contributed by atoms with Gasteiger partial charge in [0, 0.05) is 23.7 Å². The predicted molar refractivity (Wildman–Crippen MR) is 115 cm³/mol. The largest absolute Gasteiger partial charge is 0.357 e. The second kappa shape index (κ2) is 11.7. The predicted octanol–water partition coefficient (Wildman–Crippen LogP) is 4.27. The lowest BCUT2D eigenvalue weighted by atomic mass is 10.1. The summed E-state index contributed by atoms with van der Waals surface area (Å²) >= 11 is 6.15. The molecule has 0 radical (unpaired) electrons. The van der Waals surface area contributed by atoms with E-state index >= 15 is 0 Å². The average Bonchev–Trinajstić information content (AvgIpc) is 2.62. The molecule has 26 heavy (non-hydrogen) atoms. The number of hydrogen-bond donors (Lipinski definition) is 2. The van der Waals surface area contributed by atoms with Crippen molar-refractivity contribution in [1.82, 2.24) is 10.6 Å². The Hall–Kier alpha value is -1.85. The normalized spacial score (nSPS) is 10.6. The molecule has 0 aliphatic carbocycles. The molecule has 0 atom stereocenters. The van der Waals surface area contributed by atoms with Gasteiger partial charge in [0.2, 0.25) is 0 Å². The number of rotatable bonds is 6. The summed E-state index contributed by atoms with van der Waals surface area (Å²) in [5.74, 6) is 0.188. The fraction of sp³-hybridized carbons (Fsp3) is 0.263. The van der Waals surface area contributed by atoms with Crippen LogP contribution in [0.1, 0.15) is 23.6 Å². The molecule has 0 heterocycles. The van der Waals surface area contributed by atoms with E-state index in [1.807, 2.05) is 37.3 Å². The molecule has 2 aromatic rings. The molecule has 0 amide bonds. The first-order valence-electron chi connectivity index (χ1n) is 8.08. The molecule has 0 saturated carbocycles. The first kappa shape index (κ1) is 22.2. The minimum Gasteiger partial charge on any atom is -0.357 e. The van der Waals surface area contributed by atoms with Crippen molar-refractivity contribution in [3.63, 3.8) is 0 Å². The molecule has 2 rings (SSSR count). The summed E-state index contributed by atoms with van der Waals surface area (Å²) in [6.45, 7) is 3.52. The quantitative estimate of drug-likeness (QED) is 0.364. The van der Waals surface area contributed by atoms with Crippen LogP contribution in [0.2, 0.25) is 5.02 Å². The lowest BCUT2D eigenvalue weighted by molar-refractivity contribution is 0.609. The number of aliphatic imine (C=N–C) groups is 1. The summed E-state index contributed by atoms with van der Waals surface area (Å²) in [7, 11) is 0. The number of nitriles is 1. The van der Waals surface area contributed by atoms with Gasteiger partial charge in [-0.1, -0.05) is 35.9 Å². The van der Waals surface area contributed by atoms with Gasteiger partial charge < -0.3 is 10.6 Å². The average molecular weight is 487 g/mol. The molecule has 0 aromatic heterocycles. The number of hydrogen-bond acceptors (Lipinski definition) is 2. The van der Waals surface area contributed by atoms with Crippen molar-refractivity contribution in [2.75, 3.05) is 13.1 Å². The summed E-state index contributed by atoms with van der Waals surface area (Å²) < 4.78 is 13.9. The Labute approximate surface area is 175 Å². The number of halogens is 3. The molecule has 2 aromatic carbocycles. The molecule has 0 spiro atoms. The Morgan fingerprint density at radius 1 is 1.19 bits per heavy atom. The van der Waals surface area contributed by atoms with E-state index in [1.54, 1.807) is 12.1 Å². The number of nitrogens with one attached hydrogen (secondary N) is 2. The summed E-state index contributed by atoms with van der Waals surface area (Å²) in [5.41, 5.74) is 1.81. The summed E-state index contributed by atoms with van der Waals surface area (Å²) in [5, 5.41) is 15.9. The minimum absolute atomic E-state index is 0. The molecular weight excluding hydrogens is 466 g/mol. The van der Waals surface area contributed by atoms with Crippen LogP contribution in [0.25, 0.3) is 0 Å². The van der Waals surface area contributed by atoms with Crippen molar-refractivity contribution in [3.05, 3.63) is 70.0 Å². The minimum atomic E-state index is -0.422. The molecule has 7 heteroatoms. The van der Waals surface area contributed by atoms with Crippen molar-refractivity contribution in [2.45, 2.75) is 19.9 Å². The van der Waals surface area contributed by atoms with Gasteiger partial charge >= 0.3 is 0 Å². The van der Waals surface area contributed by atoms with E-state index in [0.29, 0.717) is 30.2 Å². The van der Waals surface area contributed by atoms with Gasteiger partial charge in [0.15, 0.2) is 5.96 Å². The Balaban J connectivity index is 0.00000338. The zero-order valence-electron chi connectivity index (χ0n) is 14.4. The van der Waals surface area contributed by atoms with Crippen LogP contribution in [-0.4, -0.2) is 19.0 Å². The highest BCUT2D eigenvalue weighted by Gasteiger charge is 2.05. The number of benzene rings is 2. The van der Waals surface area contributed by atoms with E-state index in [2.05, 4.69) is 15.6 Å². The van der Waals surface area contributed by atoms with Crippen molar-refractivity contribution in [1.29, 1.82) is 5.26 Å². The van der Waals surface area contributed by atoms with Crippen molar-refractivity contribution in [2.24, 2.45) is 4.99 Å². The highest BCUT2D eigenvalue weighted by atomic mass is 127. The van der Waals surface area contributed by atoms with E-state index in [9.17, 15) is 4.39 Å². The van der Waals surface area contributed by atoms with Gasteiger partial charge in [0.05, 0.1) is 18.2 Å². The molecule has 0 aliphatic rings. The summed E-state index contributed by atoms with van der Waals surface area (Å²) in [6, 6.07) is 14.0. The Morgan fingerprint density at radius 2 is 1.96 bits per heavy atom. The Kier molecular flexibility index (Phi) is 9.99. The highest BCUT2D eigenvalue weighted by molar-refractivity contribution is 14.0. The molecule has 138 valence electrons. The maximum Gasteiger partial charge on any atom is 0.191 e. The van der Waals surface area contributed by atoms with Gasteiger partial charge in [-0.3, -0.25) is 0 Å². The van der Waals surface area contributed by atoms with E-state index < -0.39 is 5.82 Å². The molecule has 4 nitrogen and oxygen atoms in total. The molecule has 0 fully saturated rings. The summed E-state index contributed by atoms with van der Waals surface area (Å²) in [6.07, 6.45) is 0.759. The van der Waals surface area contributed by atoms with Crippen LogP contribution < -0.4 is 10.6 Å². The smallest absolute Gasteiger partial charge is 0.191 e. The van der Waals surface area contributed by atoms with Crippen LogP contribution >= 0.6 is 35.6 Å². The lowest BCUT2D eigenvalue weighted by Crippen LogP contribution is -2.38. The van der Waals surface area contributed by atoms with E-state index in [1.165, 1.54) is 6.07 Å². The third kappa shape index (κ3) is 6.81. The Bertz CT molecular complexity index is 789. The second-order valence-electron chi connectivity index (χ2n) is 5.38. The van der Waals surface area contributed by atoms with Crippen LogP contribution in [0.3, 0.4) is 0 Å². The van der Waals surface area contributed by atoms with Gasteiger partial charge in [0.1, 0.15) is 5.82 Å². The topological polar surface area (TPSA) is 60.2 Å². The third-order valence-corrected chi connectivity index (χ3v) is 3.95. The molecule has 0 aliphatic heterocycles. The van der Waals surface area contributed by atoms with Gasteiger partial charge in [-0.2, -0.15) is 5.26 Å². The molecule has 2 N–H and O–H groups in total. The molecule has 0 unspecified atom stereocenters. The molecular formula is C19H21ClFIN4. The fourth-order valence-corrected chi connectivity index (χ4v) is 2.50. The first-order chi connectivity index (χ1) is 12.1. The lowest BCUT2D eigenvalue weighted by Gasteiger charge is -2.12. The van der Waals surface area contributed by atoms with E-state index in [0.717, 1.165) is 17.0 Å². The number of nitrogens with zero attached hydrogens (tertiary/aromatic N) is 2. The fourth-order valence-electron chi connectivity index (χ4n) is 2.27. The Morgan fingerprint density at radius 3 is 2.62 bits per heavy atom. The number of guanidine groups is 1. The zero-order chi connectivity index (χ0) is 18.1. The van der Waals surface area contributed by atoms with Crippen molar-refractivity contribution < 1.29 is 4.39 Å². The van der Waals surface area contributed by atoms with Gasteiger partial charge in [0.25, 0.3) is 0 Å². The van der Waals surface area contributed by atoms with Gasteiger partial charge in [-0.15, -0.1) is 24.0 Å². The first-order valence-corrected chi connectivity index (χ1v) is 8.46. The van der Waals surface area contributed by atoms with Crippen molar-refractivity contribution in [3.8, 4) is 6.07 Å². The zero-order valence-corrected chi connectivity index (χ0v) is 17.5. The highest BCUT2D eigenvalue weighted by Crippen LogP contribution is 2.15. The molecule has 0 saturated heterocycles. The second-order valence-corrected chi connectivity index (χ2v) is 5.79. The van der Waals surface area contributed by atoms with Gasteiger partial charge in [-0.25, -0.2) is 9.38 Å². The SMILES string of the molecule is CCNC(=NCc1ccc(C#N)cc1F)NCCc1ccccc1Cl.I. The van der Waals surface area contributed by atoms with Crippen LogP contribution in [0.5, 0.6) is 0 Å².